The Hall–Kier alpha value is -2.63. The van der Waals surface area contributed by atoms with Gasteiger partial charge < -0.3 is 10.4 Å². The minimum atomic E-state index is -1.04. The van der Waals surface area contributed by atoms with Crippen molar-refractivity contribution < 1.29 is 14.7 Å². The molecule has 2 aromatic rings. The van der Waals surface area contributed by atoms with E-state index in [-0.39, 0.29) is 18.4 Å². The van der Waals surface area contributed by atoms with Crippen LogP contribution in [-0.4, -0.2) is 32.8 Å². The van der Waals surface area contributed by atoms with Crippen LogP contribution in [0.15, 0.2) is 42.6 Å². The van der Waals surface area contributed by atoms with Gasteiger partial charge in [0.05, 0.1) is 6.04 Å². The van der Waals surface area contributed by atoms with Gasteiger partial charge in [0.1, 0.15) is 11.7 Å². The molecule has 24 heavy (non-hydrogen) atoms. The molecule has 0 bridgehead atoms. The van der Waals surface area contributed by atoms with E-state index >= 15 is 0 Å². The van der Waals surface area contributed by atoms with Crippen molar-refractivity contribution in [3.63, 3.8) is 0 Å². The predicted molar refractivity (Wildman–Crippen MR) is 88.8 cm³/mol. The third kappa shape index (κ3) is 3.64. The first-order chi connectivity index (χ1) is 11.6. The van der Waals surface area contributed by atoms with Crippen LogP contribution in [0.5, 0.6) is 0 Å². The summed E-state index contributed by atoms with van der Waals surface area (Å²) in [6.45, 7) is 0. The van der Waals surface area contributed by atoms with Crippen molar-refractivity contribution in [2.24, 2.45) is 0 Å². The number of carboxylic acid groups (broad SMARTS) is 1. The topological polar surface area (TPSA) is 84.2 Å². The summed E-state index contributed by atoms with van der Waals surface area (Å²) in [6.07, 6.45) is 6.14. The first-order valence-corrected chi connectivity index (χ1v) is 8.26. The zero-order valence-electron chi connectivity index (χ0n) is 13.4. The summed E-state index contributed by atoms with van der Waals surface area (Å²) >= 11 is 0. The van der Waals surface area contributed by atoms with Gasteiger partial charge in [-0.15, -0.1) is 0 Å². The SMILES string of the molecule is O=C(N[C@@H](Cc1ccccc1)C(=O)O)c1ccnn1C1CCCC1. The number of rotatable bonds is 6. The number of hydrogen-bond acceptors (Lipinski definition) is 3. The van der Waals surface area contributed by atoms with Crippen LogP contribution in [0.3, 0.4) is 0 Å². The monoisotopic (exact) mass is 327 g/mol. The molecule has 6 nitrogen and oxygen atoms in total. The predicted octanol–water partition coefficient (Wildman–Crippen LogP) is 2.42. The average molecular weight is 327 g/mol. The number of nitrogens with zero attached hydrogens (tertiary/aromatic N) is 2. The van der Waals surface area contributed by atoms with Crippen LogP contribution in [0.4, 0.5) is 0 Å². The molecule has 1 aliphatic carbocycles. The van der Waals surface area contributed by atoms with Gasteiger partial charge in [0.15, 0.2) is 0 Å². The molecule has 2 N–H and O–H groups in total. The van der Waals surface area contributed by atoms with Gasteiger partial charge in [-0.3, -0.25) is 9.48 Å². The number of nitrogens with one attached hydrogen (secondary N) is 1. The lowest BCUT2D eigenvalue weighted by molar-refractivity contribution is -0.139. The summed E-state index contributed by atoms with van der Waals surface area (Å²) in [4.78, 5) is 24.1. The number of amides is 1. The Kier molecular flexibility index (Phi) is 4.93. The number of aromatic nitrogens is 2. The second-order valence-corrected chi connectivity index (χ2v) is 6.15. The quantitative estimate of drug-likeness (QED) is 0.853. The molecule has 0 aliphatic heterocycles. The van der Waals surface area contributed by atoms with Crippen molar-refractivity contribution in [2.75, 3.05) is 0 Å². The molecule has 1 atom stereocenters. The van der Waals surface area contributed by atoms with Crippen molar-refractivity contribution in [1.29, 1.82) is 0 Å². The fourth-order valence-corrected chi connectivity index (χ4v) is 3.22. The fraction of sp³-hybridized carbons (Fsp3) is 0.389. The zero-order chi connectivity index (χ0) is 16.9. The molecule has 1 heterocycles. The Morgan fingerprint density at radius 1 is 1.21 bits per heavy atom. The van der Waals surface area contributed by atoms with Gasteiger partial charge in [-0.1, -0.05) is 43.2 Å². The normalized spacial score (nSPS) is 16.0. The summed E-state index contributed by atoms with van der Waals surface area (Å²) in [6, 6.07) is 10.2. The van der Waals surface area contributed by atoms with Gasteiger partial charge in [-0.05, 0) is 24.5 Å². The maximum atomic E-state index is 12.6. The zero-order valence-corrected chi connectivity index (χ0v) is 13.4. The van der Waals surface area contributed by atoms with Crippen LogP contribution in [0.2, 0.25) is 0 Å². The van der Waals surface area contributed by atoms with E-state index in [2.05, 4.69) is 10.4 Å². The molecule has 0 unspecified atom stereocenters. The highest BCUT2D eigenvalue weighted by molar-refractivity contribution is 5.95. The van der Waals surface area contributed by atoms with E-state index in [0.717, 1.165) is 31.2 Å². The summed E-state index contributed by atoms with van der Waals surface area (Å²) in [5.74, 6) is -1.43. The molecular weight excluding hydrogens is 306 g/mol. The molecule has 6 heteroatoms. The second kappa shape index (κ2) is 7.29. The Bertz CT molecular complexity index is 705. The molecule has 1 fully saturated rings. The van der Waals surface area contributed by atoms with Crippen molar-refractivity contribution in [2.45, 2.75) is 44.2 Å². The number of aliphatic carboxylic acids is 1. The smallest absolute Gasteiger partial charge is 0.326 e. The van der Waals surface area contributed by atoms with Crippen molar-refractivity contribution >= 4 is 11.9 Å². The fourth-order valence-electron chi connectivity index (χ4n) is 3.22. The third-order valence-electron chi connectivity index (χ3n) is 4.46. The third-order valence-corrected chi connectivity index (χ3v) is 4.46. The summed E-state index contributed by atoms with van der Waals surface area (Å²) in [5, 5.41) is 16.3. The second-order valence-electron chi connectivity index (χ2n) is 6.15. The van der Waals surface area contributed by atoms with E-state index in [1.54, 1.807) is 16.9 Å². The van der Waals surface area contributed by atoms with Crippen molar-refractivity contribution in [3.8, 4) is 0 Å². The van der Waals surface area contributed by atoms with Crippen molar-refractivity contribution in [1.82, 2.24) is 15.1 Å². The Morgan fingerprint density at radius 2 is 1.92 bits per heavy atom. The number of hydrogen-bond donors (Lipinski definition) is 2. The highest BCUT2D eigenvalue weighted by atomic mass is 16.4. The van der Waals surface area contributed by atoms with E-state index < -0.39 is 12.0 Å². The lowest BCUT2D eigenvalue weighted by Gasteiger charge is -2.17. The summed E-state index contributed by atoms with van der Waals surface area (Å²) in [7, 11) is 0. The molecule has 1 aromatic heterocycles. The minimum absolute atomic E-state index is 0.234. The van der Waals surface area contributed by atoms with Crippen LogP contribution >= 0.6 is 0 Å². The van der Waals surface area contributed by atoms with Crippen LogP contribution < -0.4 is 5.32 Å². The first kappa shape index (κ1) is 16.2. The van der Waals surface area contributed by atoms with E-state index in [1.807, 2.05) is 30.3 Å². The lowest BCUT2D eigenvalue weighted by atomic mass is 10.1. The van der Waals surface area contributed by atoms with E-state index in [9.17, 15) is 14.7 Å². The van der Waals surface area contributed by atoms with Gasteiger partial charge in [-0.25, -0.2) is 4.79 Å². The number of carboxylic acids is 1. The van der Waals surface area contributed by atoms with Gasteiger partial charge in [0.25, 0.3) is 5.91 Å². The van der Waals surface area contributed by atoms with Gasteiger partial charge in [0, 0.05) is 12.6 Å². The molecule has 0 spiro atoms. The molecule has 1 amide bonds. The molecule has 1 saturated carbocycles. The lowest BCUT2D eigenvalue weighted by Crippen LogP contribution is -2.43. The van der Waals surface area contributed by atoms with E-state index in [0.29, 0.717) is 5.69 Å². The van der Waals surface area contributed by atoms with Crippen molar-refractivity contribution in [3.05, 3.63) is 53.9 Å². The molecule has 1 aliphatic rings. The van der Waals surface area contributed by atoms with Gasteiger partial charge in [0.2, 0.25) is 0 Å². The van der Waals surface area contributed by atoms with Gasteiger partial charge >= 0.3 is 5.97 Å². The maximum Gasteiger partial charge on any atom is 0.326 e. The van der Waals surface area contributed by atoms with Crippen LogP contribution in [-0.2, 0) is 11.2 Å². The summed E-state index contributed by atoms with van der Waals surface area (Å²) < 4.78 is 1.74. The summed E-state index contributed by atoms with van der Waals surface area (Å²) in [5.41, 5.74) is 1.30. The highest BCUT2D eigenvalue weighted by Crippen LogP contribution is 2.29. The van der Waals surface area contributed by atoms with Crippen LogP contribution in [0, 0.1) is 0 Å². The molecule has 3 rings (SSSR count). The van der Waals surface area contributed by atoms with Crippen LogP contribution in [0.25, 0.3) is 0 Å². The minimum Gasteiger partial charge on any atom is -0.480 e. The highest BCUT2D eigenvalue weighted by Gasteiger charge is 2.26. The maximum absolute atomic E-state index is 12.6. The number of benzene rings is 1. The number of carbonyl (C=O) groups excluding carboxylic acids is 1. The Morgan fingerprint density at radius 3 is 2.58 bits per heavy atom. The van der Waals surface area contributed by atoms with E-state index in [1.165, 1.54) is 0 Å². The number of carbonyl (C=O) groups is 2. The molecule has 0 radical (unpaired) electrons. The standard InChI is InChI=1S/C18H21N3O3/c22-17(16-10-11-19-21(16)14-8-4-5-9-14)20-15(18(23)24)12-13-6-2-1-3-7-13/h1-3,6-7,10-11,14-15H,4-5,8-9,12H2,(H,20,22)(H,23,24)/t15-/m0/s1. The van der Waals surface area contributed by atoms with Gasteiger partial charge in [-0.2, -0.15) is 5.10 Å². The Balaban J connectivity index is 1.72. The average Bonchev–Trinajstić information content (AvgIpc) is 3.26. The van der Waals surface area contributed by atoms with E-state index in [4.69, 9.17) is 0 Å². The largest absolute Gasteiger partial charge is 0.480 e. The Labute approximate surface area is 140 Å². The first-order valence-electron chi connectivity index (χ1n) is 8.26. The molecule has 0 saturated heterocycles. The van der Waals surface area contributed by atoms with Crippen LogP contribution in [0.1, 0.15) is 47.8 Å². The molecule has 1 aromatic carbocycles. The molecule has 126 valence electrons. The molecular formula is C18H21N3O3.